The number of hydrogen-bond donors (Lipinski definition) is 0. The van der Waals surface area contributed by atoms with E-state index in [0.717, 1.165) is 49.0 Å². The monoisotopic (exact) mass is 675 g/mol. The summed E-state index contributed by atoms with van der Waals surface area (Å²) in [4.78, 5) is 43.7. The summed E-state index contributed by atoms with van der Waals surface area (Å²) >= 11 is 0. The predicted molar refractivity (Wildman–Crippen MR) is 194 cm³/mol. The number of rotatable bonds is 9. The molecule has 7 aromatic rings. The van der Waals surface area contributed by atoms with Crippen LogP contribution in [0.15, 0.2) is 142 Å². The molecule has 4 heterocycles. The van der Waals surface area contributed by atoms with Crippen molar-refractivity contribution in [3.05, 3.63) is 176 Å². The van der Waals surface area contributed by atoms with Crippen molar-refractivity contribution >= 4 is 32.3 Å². The molecule has 0 radical (unpaired) electrons. The molecule has 3 unspecified atom stereocenters. The van der Waals surface area contributed by atoms with Crippen LogP contribution in [-0.2, 0) is 50.6 Å². The standard InChI is InChI=1S/C42H33N3O6/c46-37-43(22-40(25-49-40)34-19-7-13-28-10-1-4-16-31(28)34)38(47)45(24-42(27-51-42)36-21-9-15-30-12-3-6-18-33(30)36)39(48)44(37)23-41(26-50-41)35-20-8-14-29-11-2-5-17-32(29)35/h1-21H,22-27H2. The third-order valence-electron chi connectivity index (χ3n) is 10.9. The molecular weight excluding hydrogens is 642 g/mol. The Labute approximate surface area is 291 Å². The fourth-order valence-electron chi connectivity index (χ4n) is 7.98. The lowest BCUT2D eigenvalue weighted by molar-refractivity contribution is 0.233. The number of nitrogens with zero attached hydrogens (tertiary/aromatic N) is 3. The van der Waals surface area contributed by atoms with Crippen molar-refractivity contribution in [3.8, 4) is 0 Å². The average molecular weight is 676 g/mol. The molecular formula is C42H33N3O6. The number of benzene rings is 6. The Bertz CT molecular complexity index is 2390. The summed E-state index contributed by atoms with van der Waals surface area (Å²) in [5.41, 5.74) is -2.11. The fraction of sp³-hybridized carbons (Fsp3) is 0.214. The minimum absolute atomic E-state index is 0.0524. The zero-order valence-electron chi connectivity index (χ0n) is 27.7. The van der Waals surface area contributed by atoms with Gasteiger partial charge in [-0.15, -0.1) is 0 Å². The van der Waals surface area contributed by atoms with Gasteiger partial charge in [0.1, 0.15) is 16.8 Å². The SMILES string of the molecule is O=c1n(CC2(c3cccc4ccccc34)CO2)c(=O)n(CC2(c3cccc4ccccc34)CO2)c(=O)n1CC1(c2cccc3ccccc23)CO1. The second kappa shape index (κ2) is 10.9. The molecule has 10 rings (SSSR count). The molecule has 0 spiro atoms. The van der Waals surface area contributed by atoms with Gasteiger partial charge in [0.2, 0.25) is 0 Å². The van der Waals surface area contributed by atoms with E-state index in [9.17, 15) is 14.4 Å². The molecule has 0 amide bonds. The highest BCUT2D eigenvalue weighted by atomic mass is 16.6. The Morgan fingerprint density at radius 2 is 0.647 bits per heavy atom. The van der Waals surface area contributed by atoms with E-state index in [1.54, 1.807) is 0 Å². The van der Waals surface area contributed by atoms with Crippen LogP contribution in [0.5, 0.6) is 0 Å². The average Bonchev–Trinajstić information content (AvgIpc) is 4.08. The summed E-state index contributed by atoms with van der Waals surface area (Å²) in [7, 11) is 0. The Balaban J connectivity index is 1.13. The quantitative estimate of drug-likeness (QED) is 0.190. The molecule has 252 valence electrons. The number of hydrogen-bond acceptors (Lipinski definition) is 6. The minimum Gasteiger partial charge on any atom is -0.363 e. The summed E-state index contributed by atoms with van der Waals surface area (Å²) in [5, 5.41) is 6.06. The fourth-order valence-corrected chi connectivity index (χ4v) is 7.98. The van der Waals surface area contributed by atoms with Crippen molar-refractivity contribution in [2.75, 3.05) is 19.8 Å². The van der Waals surface area contributed by atoms with Crippen LogP contribution < -0.4 is 17.1 Å². The van der Waals surface area contributed by atoms with Gasteiger partial charge in [0.15, 0.2) is 0 Å². The van der Waals surface area contributed by atoms with Crippen LogP contribution in [0.3, 0.4) is 0 Å². The Morgan fingerprint density at radius 1 is 0.392 bits per heavy atom. The summed E-state index contributed by atoms with van der Waals surface area (Å²) in [6, 6.07) is 41.9. The summed E-state index contributed by atoms with van der Waals surface area (Å²) in [6.45, 7) is 0.837. The first kappa shape index (κ1) is 30.2. The van der Waals surface area contributed by atoms with E-state index in [1.807, 2.05) is 127 Å². The van der Waals surface area contributed by atoms with Gasteiger partial charge in [0.05, 0.1) is 39.5 Å². The van der Waals surface area contributed by atoms with Gasteiger partial charge in [-0.05, 0) is 49.0 Å². The Kier molecular flexibility index (Phi) is 6.49. The van der Waals surface area contributed by atoms with Gasteiger partial charge in [0, 0.05) is 0 Å². The molecule has 6 aromatic carbocycles. The van der Waals surface area contributed by atoms with Crippen molar-refractivity contribution < 1.29 is 14.2 Å². The highest BCUT2D eigenvalue weighted by molar-refractivity contribution is 5.88. The summed E-state index contributed by atoms with van der Waals surface area (Å²) in [6.07, 6.45) is 0. The first-order chi connectivity index (χ1) is 24.9. The highest BCUT2D eigenvalue weighted by Gasteiger charge is 2.52. The first-order valence-corrected chi connectivity index (χ1v) is 17.2. The van der Waals surface area contributed by atoms with Crippen molar-refractivity contribution in [1.82, 2.24) is 13.7 Å². The first-order valence-electron chi connectivity index (χ1n) is 17.2. The van der Waals surface area contributed by atoms with Crippen molar-refractivity contribution in [2.24, 2.45) is 0 Å². The maximum absolute atomic E-state index is 14.6. The van der Waals surface area contributed by atoms with Gasteiger partial charge in [-0.25, -0.2) is 28.1 Å². The normalized spacial score (nSPS) is 23.5. The van der Waals surface area contributed by atoms with Gasteiger partial charge in [-0.1, -0.05) is 127 Å². The lowest BCUT2D eigenvalue weighted by Crippen LogP contribution is -2.57. The molecule has 51 heavy (non-hydrogen) atoms. The third kappa shape index (κ3) is 4.76. The number of fused-ring (bicyclic) bond motifs is 3. The van der Waals surface area contributed by atoms with Gasteiger partial charge in [-0.2, -0.15) is 0 Å². The van der Waals surface area contributed by atoms with E-state index in [-0.39, 0.29) is 19.6 Å². The third-order valence-corrected chi connectivity index (χ3v) is 10.9. The summed E-state index contributed by atoms with van der Waals surface area (Å²) < 4.78 is 21.9. The van der Waals surface area contributed by atoms with E-state index < -0.39 is 33.9 Å². The Hall–Kier alpha value is -5.61. The topological polar surface area (TPSA) is 104 Å². The zero-order valence-corrected chi connectivity index (χ0v) is 27.7. The lowest BCUT2D eigenvalue weighted by atomic mass is 9.93. The molecule has 3 atom stereocenters. The molecule has 1 aromatic heterocycles. The van der Waals surface area contributed by atoms with E-state index in [0.29, 0.717) is 19.8 Å². The van der Waals surface area contributed by atoms with Crippen LogP contribution in [0.2, 0.25) is 0 Å². The molecule has 9 heteroatoms. The van der Waals surface area contributed by atoms with E-state index in [2.05, 4.69) is 0 Å². The van der Waals surface area contributed by atoms with E-state index >= 15 is 0 Å². The number of aromatic nitrogens is 3. The summed E-state index contributed by atoms with van der Waals surface area (Å²) in [5.74, 6) is 0. The molecule has 0 aliphatic carbocycles. The predicted octanol–water partition coefficient (Wildman–Crippen LogP) is 5.41. The molecule has 9 nitrogen and oxygen atoms in total. The molecule has 0 bridgehead atoms. The number of epoxide rings is 3. The molecule has 0 N–H and O–H groups in total. The highest BCUT2D eigenvalue weighted by Crippen LogP contribution is 2.45. The Morgan fingerprint density at radius 3 is 0.922 bits per heavy atom. The largest absolute Gasteiger partial charge is 0.363 e. The van der Waals surface area contributed by atoms with Crippen LogP contribution >= 0.6 is 0 Å². The molecule has 3 aliphatic rings. The maximum atomic E-state index is 14.6. The minimum atomic E-state index is -0.906. The van der Waals surface area contributed by atoms with Gasteiger partial charge in [0.25, 0.3) is 0 Å². The van der Waals surface area contributed by atoms with Gasteiger partial charge < -0.3 is 14.2 Å². The van der Waals surface area contributed by atoms with Crippen molar-refractivity contribution in [1.29, 1.82) is 0 Å². The maximum Gasteiger partial charge on any atom is 0.336 e. The van der Waals surface area contributed by atoms with Crippen LogP contribution in [0.1, 0.15) is 16.7 Å². The second-order valence-electron chi connectivity index (χ2n) is 14.0. The molecule has 3 saturated heterocycles. The van der Waals surface area contributed by atoms with Crippen LogP contribution in [0.25, 0.3) is 32.3 Å². The van der Waals surface area contributed by atoms with Crippen LogP contribution in [0, 0.1) is 0 Å². The van der Waals surface area contributed by atoms with Crippen molar-refractivity contribution in [3.63, 3.8) is 0 Å². The molecule has 3 aliphatic heterocycles. The van der Waals surface area contributed by atoms with Gasteiger partial charge in [-0.3, -0.25) is 0 Å². The van der Waals surface area contributed by atoms with Crippen LogP contribution in [-0.4, -0.2) is 33.5 Å². The van der Waals surface area contributed by atoms with E-state index in [4.69, 9.17) is 14.2 Å². The lowest BCUT2D eigenvalue weighted by Gasteiger charge is -2.22. The van der Waals surface area contributed by atoms with Gasteiger partial charge >= 0.3 is 17.1 Å². The van der Waals surface area contributed by atoms with E-state index in [1.165, 1.54) is 13.7 Å². The zero-order chi connectivity index (χ0) is 34.4. The second-order valence-corrected chi connectivity index (χ2v) is 14.0. The molecule has 0 saturated carbocycles. The number of ether oxygens (including phenoxy) is 3. The van der Waals surface area contributed by atoms with Crippen LogP contribution in [0.4, 0.5) is 0 Å². The molecule has 3 fully saturated rings. The van der Waals surface area contributed by atoms with Crippen molar-refractivity contribution in [2.45, 2.75) is 36.4 Å². The smallest absolute Gasteiger partial charge is 0.336 e.